The Morgan fingerprint density at radius 2 is 2.25 bits per heavy atom. The van der Waals surface area contributed by atoms with Crippen LogP contribution in [0.5, 0.6) is 0 Å². The second-order valence-corrected chi connectivity index (χ2v) is 4.11. The van der Waals surface area contributed by atoms with E-state index < -0.39 is 5.60 Å². The molecule has 5 heteroatoms. The van der Waals surface area contributed by atoms with E-state index in [1.807, 2.05) is 13.0 Å². The Kier molecular flexibility index (Phi) is 7.52. The maximum absolute atomic E-state index is 11.2. The molecular weight excluding hydrogens is 206 g/mol. The summed E-state index contributed by atoms with van der Waals surface area (Å²) in [5, 5.41) is 23.6. The molecule has 1 atom stereocenters. The molecule has 0 saturated heterocycles. The van der Waals surface area contributed by atoms with Gasteiger partial charge in [-0.25, -0.2) is 0 Å². The summed E-state index contributed by atoms with van der Waals surface area (Å²) in [4.78, 5) is 11.2. The number of hydrogen-bond donors (Lipinski definition) is 3. The third-order valence-electron chi connectivity index (χ3n) is 2.14. The van der Waals surface area contributed by atoms with Gasteiger partial charge in [0.1, 0.15) is 0 Å². The Hall–Kier alpha value is -1.12. The van der Waals surface area contributed by atoms with Crippen molar-refractivity contribution in [3.05, 3.63) is 0 Å². The molecule has 3 N–H and O–H groups in total. The zero-order chi connectivity index (χ0) is 12.4. The summed E-state index contributed by atoms with van der Waals surface area (Å²) in [6.45, 7) is 4.69. The number of rotatable bonds is 8. The molecule has 0 aliphatic heterocycles. The maximum atomic E-state index is 11.2. The first kappa shape index (κ1) is 14.9. The van der Waals surface area contributed by atoms with E-state index in [1.54, 1.807) is 6.92 Å². The number of carbonyl (C=O) groups excluding carboxylic acids is 1. The quantitative estimate of drug-likeness (QED) is 0.516. The van der Waals surface area contributed by atoms with Gasteiger partial charge in [0.15, 0.2) is 0 Å². The van der Waals surface area contributed by atoms with Crippen molar-refractivity contribution in [2.75, 3.05) is 19.6 Å². The first-order valence-electron chi connectivity index (χ1n) is 5.58. The Morgan fingerprint density at radius 3 is 2.81 bits per heavy atom. The third kappa shape index (κ3) is 8.21. The van der Waals surface area contributed by atoms with Crippen molar-refractivity contribution in [2.24, 2.45) is 0 Å². The average Bonchev–Trinajstić information content (AvgIpc) is 2.17. The van der Waals surface area contributed by atoms with E-state index in [2.05, 4.69) is 10.6 Å². The minimum Gasteiger partial charge on any atom is -0.389 e. The Labute approximate surface area is 96.8 Å². The van der Waals surface area contributed by atoms with Crippen molar-refractivity contribution in [1.82, 2.24) is 10.6 Å². The van der Waals surface area contributed by atoms with Gasteiger partial charge < -0.3 is 15.7 Å². The Bertz CT molecular complexity index is 246. The minimum atomic E-state index is -0.762. The van der Waals surface area contributed by atoms with Crippen LogP contribution in [0.1, 0.15) is 33.1 Å². The number of nitriles is 1. The number of amides is 1. The fraction of sp³-hybridized carbons (Fsp3) is 0.818. The average molecular weight is 227 g/mol. The van der Waals surface area contributed by atoms with E-state index in [-0.39, 0.29) is 12.5 Å². The van der Waals surface area contributed by atoms with Gasteiger partial charge in [-0.15, -0.1) is 0 Å². The zero-order valence-electron chi connectivity index (χ0n) is 10.0. The summed E-state index contributed by atoms with van der Waals surface area (Å²) in [5.41, 5.74) is -0.762. The minimum absolute atomic E-state index is 0.150. The fourth-order valence-electron chi connectivity index (χ4n) is 1.39. The van der Waals surface area contributed by atoms with Crippen molar-refractivity contribution < 1.29 is 9.90 Å². The first-order chi connectivity index (χ1) is 7.52. The second-order valence-electron chi connectivity index (χ2n) is 4.11. The van der Waals surface area contributed by atoms with Crippen LogP contribution >= 0.6 is 0 Å². The molecular formula is C11H21N3O2. The summed E-state index contributed by atoms with van der Waals surface area (Å²) >= 11 is 0. The molecule has 0 fully saturated rings. The van der Waals surface area contributed by atoms with E-state index in [1.165, 1.54) is 0 Å². The number of aliphatic hydroxyl groups is 1. The zero-order valence-corrected chi connectivity index (χ0v) is 10.0. The van der Waals surface area contributed by atoms with Crippen molar-refractivity contribution in [1.29, 1.82) is 5.26 Å². The molecule has 0 aliphatic rings. The SMILES string of the molecule is CCCC(C)(O)CNCC(=O)NCCC#N. The lowest BCUT2D eigenvalue weighted by molar-refractivity contribution is -0.120. The third-order valence-corrected chi connectivity index (χ3v) is 2.14. The van der Waals surface area contributed by atoms with Crippen LogP contribution in [0, 0.1) is 11.3 Å². The van der Waals surface area contributed by atoms with Crippen molar-refractivity contribution in [3.63, 3.8) is 0 Å². The molecule has 0 spiro atoms. The predicted octanol–water partition coefficient (Wildman–Crippen LogP) is 0.157. The number of nitrogens with one attached hydrogen (secondary N) is 2. The van der Waals surface area contributed by atoms with Gasteiger partial charge in [0.25, 0.3) is 0 Å². The van der Waals surface area contributed by atoms with E-state index >= 15 is 0 Å². The Morgan fingerprint density at radius 1 is 1.56 bits per heavy atom. The first-order valence-corrected chi connectivity index (χ1v) is 5.58. The lowest BCUT2D eigenvalue weighted by Gasteiger charge is -2.22. The standard InChI is InChI=1S/C11H21N3O2/c1-3-5-11(2,16)9-13-8-10(15)14-7-4-6-12/h13,16H,3-5,7-9H2,1-2H3,(H,14,15). The molecule has 0 aromatic carbocycles. The summed E-state index contributed by atoms with van der Waals surface area (Å²) < 4.78 is 0. The molecule has 92 valence electrons. The summed E-state index contributed by atoms with van der Waals surface area (Å²) in [6, 6.07) is 1.95. The van der Waals surface area contributed by atoms with Crippen LogP contribution in [0.4, 0.5) is 0 Å². The molecule has 0 aromatic rings. The highest BCUT2D eigenvalue weighted by Gasteiger charge is 2.18. The highest BCUT2D eigenvalue weighted by Crippen LogP contribution is 2.09. The smallest absolute Gasteiger partial charge is 0.233 e. The molecule has 0 radical (unpaired) electrons. The van der Waals surface area contributed by atoms with Crippen molar-refractivity contribution >= 4 is 5.91 Å². The number of hydrogen-bond acceptors (Lipinski definition) is 4. The molecule has 1 amide bonds. The normalized spacial score (nSPS) is 13.9. The predicted molar refractivity (Wildman–Crippen MR) is 61.6 cm³/mol. The molecule has 5 nitrogen and oxygen atoms in total. The molecule has 0 bridgehead atoms. The van der Waals surface area contributed by atoms with Crippen LogP contribution in [-0.2, 0) is 4.79 Å². The van der Waals surface area contributed by atoms with Gasteiger partial charge in [-0.3, -0.25) is 4.79 Å². The highest BCUT2D eigenvalue weighted by molar-refractivity contribution is 5.77. The van der Waals surface area contributed by atoms with Gasteiger partial charge in [-0.2, -0.15) is 5.26 Å². The highest BCUT2D eigenvalue weighted by atomic mass is 16.3. The van der Waals surface area contributed by atoms with Crippen LogP contribution in [0.3, 0.4) is 0 Å². The molecule has 1 unspecified atom stereocenters. The van der Waals surface area contributed by atoms with Gasteiger partial charge in [0.05, 0.1) is 24.6 Å². The molecule has 0 saturated carbocycles. The van der Waals surface area contributed by atoms with Crippen LogP contribution in [0.25, 0.3) is 0 Å². The number of nitrogens with zero attached hydrogens (tertiary/aromatic N) is 1. The fourth-order valence-corrected chi connectivity index (χ4v) is 1.39. The van der Waals surface area contributed by atoms with E-state index in [0.717, 1.165) is 6.42 Å². The van der Waals surface area contributed by atoms with Gasteiger partial charge in [0.2, 0.25) is 5.91 Å². The van der Waals surface area contributed by atoms with Crippen LogP contribution < -0.4 is 10.6 Å². The van der Waals surface area contributed by atoms with E-state index in [0.29, 0.717) is 25.9 Å². The Balaban J connectivity index is 3.58. The molecule has 16 heavy (non-hydrogen) atoms. The van der Waals surface area contributed by atoms with E-state index in [9.17, 15) is 9.90 Å². The molecule has 0 heterocycles. The topological polar surface area (TPSA) is 85.2 Å². The van der Waals surface area contributed by atoms with Gasteiger partial charge in [0, 0.05) is 13.1 Å². The van der Waals surface area contributed by atoms with Gasteiger partial charge in [-0.05, 0) is 13.3 Å². The van der Waals surface area contributed by atoms with Crippen LogP contribution in [-0.4, -0.2) is 36.2 Å². The summed E-state index contributed by atoms with van der Waals surface area (Å²) in [5.74, 6) is -0.150. The monoisotopic (exact) mass is 227 g/mol. The van der Waals surface area contributed by atoms with Crippen LogP contribution in [0.2, 0.25) is 0 Å². The van der Waals surface area contributed by atoms with Crippen LogP contribution in [0.15, 0.2) is 0 Å². The van der Waals surface area contributed by atoms with Crippen molar-refractivity contribution in [2.45, 2.75) is 38.7 Å². The molecule has 0 aliphatic carbocycles. The maximum Gasteiger partial charge on any atom is 0.233 e. The lowest BCUT2D eigenvalue weighted by Crippen LogP contribution is -2.42. The van der Waals surface area contributed by atoms with Crippen molar-refractivity contribution in [3.8, 4) is 6.07 Å². The van der Waals surface area contributed by atoms with Gasteiger partial charge >= 0.3 is 0 Å². The largest absolute Gasteiger partial charge is 0.389 e. The molecule has 0 rings (SSSR count). The molecule has 0 aromatic heterocycles. The van der Waals surface area contributed by atoms with Gasteiger partial charge in [-0.1, -0.05) is 13.3 Å². The van der Waals surface area contributed by atoms with E-state index in [4.69, 9.17) is 5.26 Å². The summed E-state index contributed by atoms with van der Waals surface area (Å²) in [6.07, 6.45) is 1.93. The number of carbonyl (C=O) groups is 1. The second kappa shape index (κ2) is 8.08. The summed E-state index contributed by atoms with van der Waals surface area (Å²) in [7, 11) is 0. The lowest BCUT2D eigenvalue weighted by atomic mass is 10.0.